The minimum absolute atomic E-state index is 0.325. The summed E-state index contributed by atoms with van der Waals surface area (Å²) in [7, 11) is 0. The molecule has 0 aliphatic heterocycles. The van der Waals surface area contributed by atoms with Crippen molar-refractivity contribution in [3.63, 3.8) is 0 Å². The van der Waals surface area contributed by atoms with Gasteiger partial charge in [-0.15, -0.1) is 0 Å². The van der Waals surface area contributed by atoms with Gasteiger partial charge in [0.2, 0.25) is 0 Å². The molecule has 0 unspecified atom stereocenters. The Bertz CT molecular complexity index is 2080. The molecule has 0 aliphatic rings. The summed E-state index contributed by atoms with van der Waals surface area (Å²) in [6.07, 6.45) is 0. The topological polar surface area (TPSA) is 26.3 Å². The molecule has 0 saturated carbocycles. The van der Waals surface area contributed by atoms with Crippen molar-refractivity contribution in [2.45, 2.75) is 6.92 Å². The third kappa shape index (κ3) is 3.83. The molecular weight excluding hydrogens is 567 g/mol. The van der Waals surface area contributed by atoms with E-state index in [9.17, 15) is 4.79 Å². The molecule has 3 heteroatoms. The van der Waals surface area contributed by atoms with E-state index in [0.29, 0.717) is 0 Å². The molecule has 8 aromatic carbocycles. The molecule has 216 valence electrons. The van der Waals surface area contributed by atoms with Crippen LogP contribution in [0.3, 0.4) is 0 Å². The molecule has 0 amide bonds. The van der Waals surface area contributed by atoms with E-state index in [1.165, 1.54) is 0 Å². The molecular formula is C42H31O2P. The Hall–Kier alpha value is -5.30. The van der Waals surface area contributed by atoms with Gasteiger partial charge in [0.05, 0.1) is 0 Å². The Morgan fingerprint density at radius 1 is 0.378 bits per heavy atom. The normalized spacial score (nSPS) is 12.7. The van der Waals surface area contributed by atoms with Crippen molar-refractivity contribution in [3.8, 4) is 0 Å². The zero-order valence-electron chi connectivity index (χ0n) is 24.9. The molecule has 0 atom stereocenters. The monoisotopic (exact) mass is 598 g/mol. The maximum atomic E-state index is 14.1. The van der Waals surface area contributed by atoms with Crippen LogP contribution in [0.1, 0.15) is 6.92 Å². The van der Waals surface area contributed by atoms with Gasteiger partial charge >= 0.3 is 263 Å². The predicted octanol–water partition coefficient (Wildman–Crippen LogP) is 8.93. The maximum absolute atomic E-state index is 14.1. The van der Waals surface area contributed by atoms with E-state index in [2.05, 4.69) is 170 Å². The zero-order valence-corrected chi connectivity index (χ0v) is 25.8. The Morgan fingerprint density at radius 2 is 0.622 bits per heavy atom. The first kappa shape index (κ1) is 27.3. The Labute approximate surface area is 262 Å². The first-order chi connectivity index (χ1) is 22.1. The van der Waals surface area contributed by atoms with Crippen LogP contribution in [0.25, 0.3) is 43.1 Å². The van der Waals surface area contributed by atoms with Crippen LogP contribution in [-0.4, -0.2) is 5.97 Å². The quantitative estimate of drug-likeness (QED) is 0.185. The molecule has 8 aromatic rings. The Kier molecular flexibility index (Phi) is 6.31. The molecule has 0 fully saturated rings. The van der Waals surface area contributed by atoms with Crippen molar-refractivity contribution in [1.82, 2.24) is 0 Å². The summed E-state index contributed by atoms with van der Waals surface area (Å²) < 4.78 is 7.49. The third-order valence-electron chi connectivity index (χ3n) is 9.22. The van der Waals surface area contributed by atoms with Crippen molar-refractivity contribution in [2.24, 2.45) is 0 Å². The van der Waals surface area contributed by atoms with Gasteiger partial charge in [-0.3, -0.25) is 0 Å². The average molecular weight is 599 g/mol. The van der Waals surface area contributed by atoms with Crippen LogP contribution in [0.4, 0.5) is 0 Å². The number of carbonyl (C=O) groups is 1. The minimum atomic E-state index is -4.48. The van der Waals surface area contributed by atoms with Gasteiger partial charge in [-0.2, -0.15) is 0 Å². The predicted molar refractivity (Wildman–Crippen MR) is 193 cm³/mol. The van der Waals surface area contributed by atoms with E-state index in [4.69, 9.17) is 4.52 Å². The third-order valence-corrected chi connectivity index (χ3v) is 15.1. The number of benzene rings is 8. The van der Waals surface area contributed by atoms with Gasteiger partial charge in [0, 0.05) is 0 Å². The van der Waals surface area contributed by atoms with Crippen LogP contribution in [0.2, 0.25) is 0 Å². The van der Waals surface area contributed by atoms with Crippen LogP contribution in [-0.2, 0) is 9.32 Å². The Balaban J connectivity index is 1.80. The summed E-state index contributed by atoms with van der Waals surface area (Å²) in [5.41, 5.74) is 0. The summed E-state index contributed by atoms with van der Waals surface area (Å²) in [6, 6.07) is 59.8. The fourth-order valence-corrected chi connectivity index (χ4v) is 14.2. The van der Waals surface area contributed by atoms with E-state index in [1.807, 2.05) is 0 Å². The van der Waals surface area contributed by atoms with Crippen molar-refractivity contribution < 1.29 is 9.32 Å². The second kappa shape index (κ2) is 10.4. The van der Waals surface area contributed by atoms with Crippen LogP contribution in [0.15, 0.2) is 170 Å². The molecule has 0 heterocycles. The zero-order chi connectivity index (χ0) is 30.5. The number of fused-ring (bicyclic) bond motifs is 4. The van der Waals surface area contributed by atoms with Crippen LogP contribution in [0.5, 0.6) is 0 Å². The molecule has 0 N–H and O–H groups in total. The standard InChI is InChI=1S/C42H31O2P/c1-30(43)44-45(39-26-10-18-31-14-2-6-22-35(31)39,40-27-11-19-32-15-3-7-23-36(32)40,41-28-12-20-33-16-4-8-24-37(33)41)42-29-13-21-34-17-5-9-25-38(34)42/h2-29H,1H3. The second-order valence-corrected chi connectivity index (χ2v) is 15.8. The summed E-state index contributed by atoms with van der Waals surface area (Å²) >= 11 is 0. The molecule has 2 nitrogen and oxygen atoms in total. The number of carbonyl (C=O) groups excluding carboxylic acids is 1. The summed E-state index contributed by atoms with van der Waals surface area (Å²) in [5, 5.41) is 12.7. The van der Waals surface area contributed by atoms with Gasteiger partial charge in [0.15, 0.2) is 0 Å². The van der Waals surface area contributed by atoms with E-state index >= 15 is 0 Å². The van der Waals surface area contributed by atoms with Crippen LogP contribution < -0.4 is 21.2 Å². The first-order valence-electron chi connectivity index (χ1n) is 15.3. The van der Waals surface area contributed by atoms with E-state index in [1.54, 1.807) is 6.92 Å². The van der Waals surface area contributed by atoms with Gasteiger partial charge in [0.25, 0.3) is 0 Å². The molecule has 0 saturated heterocycles. The molecule has 0 radical (unpaired) electrons. The molecule has 0 spiro atoms. The molecule has 0 bridgehead atoms. The molecule has 0 aromatic heterocycles. The van der Waals surface area contributed by atoms with Crippen molar-refractivity contribution in [3.05, 3.63) is 170 Å². The van der Waals surface area contributed by atoms with Crippen molar-refractivity contribution in [2.75, 3.05) is 0 Å². The SMILES string of the molecule is CC(=O)OP(c1cccc2ccccc12)(c1cccc2ccccc12)(c1cccc2ccccc12)c1cccc2ccccc12. The van der Waals surface area contributed by atoms with Gasteiger partial charge in [0.1, 0.15) is 0 Å². The fraction of sp³-hybridized carbons (Fsp3) is 0.0238. The van der Waals surface area contributed by atoms with E-state index in [-0.39, 0.29) is 5.97 Å². The number of hydrogen-bond acceptors (Lipinski definition) is 2. The first-order valence-corrected chi connectivity index (χ1v) is 17.4. The van der Waals surface area contributed by atoms with Gasteiger partial charge in [-0.05, 0) is 0 Å². The Morgan fingerprint density at radius 3 is 0.889 bits per heavy atom. The molecule has 0 aliphatic carbocycles. The fourth-order valence-electron chi connectivity index (χ4n) is 7.55. The second-order valence-electron chi connectivity index (χ2n) is 11.6. The van der Waals surface area contributed by atoms with Crippen molar-refractivity contribution in [1.29, 1.82) is 0 Å². The van der Waals surface area contributed by atoms with Gasteiger partial charge in [-0.25, -0.2) is 0 Å². The van der Waals surface area contributed by atoms with Crippen LogP contribution >= 0.6 is 6.83 Å². The summed E-state index contributed by atoms with van der Waals surface area (Å²) in [5.74, 6) is -0.325. The van der Waals surface area contributed by atoms with Gasteiger partial charge < -0.3 is 0 Å². The summed E-state index contributed by atoms with van der Waals surface area (Å²) in [4.78, 5) is 14.1. The summed E-state index contributed by atoms with van der Waals surface area (Å²) in [6.45, 7) is -2.92. The number of hydrogen-bond donors (Lipinski definition) is 0. The number of rotatable bonds is 5. The van der Waals surface area contributed by atoms with E-state index < -0.39 is 6.83 Å². The average Bonchev–Trinajstić information content (AvgIpc) is 3.10. The molecule has 45 heavy (non-hydrogen) atoms. The van der Waals surface area contributed by atoms with E-state index in [0.717, 1.165) is 64.3 Å². The van der Waals surface area contributed by atoms with Crippen molar-refractivity contribution >= 4 is 77.1 Å². The molecule has 8 rings (SSSR count). The van der Waals surface area contributed by atoms with Crippen LogP contribution in [0, 0.1) is 0 Å². The van der Waals surface area contributed by atoms with Gasteiger partial charge in [-0.1, -0.05) is 0 Å².